The third-order valence-electron chi connectivity index (χ3n) is 4.93. The number of ether oxygens (including phenoxy) is 1. The Morgan fingerprint density at radius 3 is 2.67 bits per heavy atom. The predicted octanol–water partition coefficient (Wildman–Crippen LogP) is 4.70. The number of aryl methyl sites for hydroxylation is 1. The number of pyridine rings is 1. The highest BCUT2D eigenvalue weighted by Gasteiger charge is 2.22. The van der Waals surface area contributed by atoms with Crippen molar-refractivity contribution in [1.82, 2.24) is 14.8 Å². The zero-order valence-corrected chi connectivity index (χ0v) is 18.1. The molecule has 0 saturated carbocycles. The Balaban J connectivity index is 1.71. The predicted molar refractivity (Wildman–Crippen MR) is 124 cm³/mol. The summed E-state index contributed by atoms with van der Waals surface area (Å²) in [5.74, 6) is -0.884. The van der Waals surface area contributed by atoms with Gasteiger partial charge in [-0.25, -0.2) is 14.2 Å². The summed E-state index contributed by atoms with van der Waals surface area (Å²) in [4.78, 5) is 29.8. The highest BCUT2D eigenvalue weighted by Crippen LogP contribution is 2.24. The first-order valence-corrected chi connectivity index (χ1v) is 10.3. The second-order valence-electron chi connectivity index (χ2n) is 7.23. The number of hydrogen-bond acceptors (Lipinski definition) is 5. The molecule has 1 N–H and O–H groups in total. The Hall–Kier alpha value is -4.33. The quantitative estimate of drug-likeness (QED) is 0.344. The normalized spacial score (nSPS) is 11.1. The summed E-state index contributed by atoms with van der Waals surface area (Å²) in [5, 5.41) is 7.99. The van der Waals surface area contributed by atoms with Crippen molar-refractivity contribution in [2.75, 3.05) is 11.9 Å². The molecule has 0 saturated heterocycles. The van der Waals surface area contributed by atoms with Crippen molar-refractivity contribution in [3.05, 3.63) is 89.4 Å². The number of para-hydroxylation sites is 1. The molecule has 0 fully saturated rings. The van der Waals surface area contributed by atoms with Crippen molar-refractivity contribution in [1.29, 1.82) is 0 Å². The number of nitrogens with one attached hydrogen (secondary N) is 1. The Kier molecular flexibility index (Phi) is 6.26. The summed E-state index contributed by atoms with van der Waals surface area (Å²) in [5.41, 5.74) is 2.48. The van der Waals surface area contributed by atoms with Crippen LogP contribution in [0.25, 0.3) is 22.8 Å². The first-order chi connectivity index (χ1) is 16.0. The van der Waals surface area contributed by atoms with Crippen molar-refractivity contribution in [2.24, 2.45) is 0 Å². The molecule has 2 heterocycles. The molecule has 0 aliphatic heterocycles. The van der Waals surface area contributed by atoms with E-state index in [1.807, 2.05) is 37.3 Å². The van der Waals surface area contributed by atoms with E-state index >= 15 is 0 Å². The van der Waals surface area contributed by atoms with E-state index in [2.05, 4.69) is 15.4 Å². The van der Waals surface area contributed by atoms with Crippen LogP contribution in [-0.2, 0) is 9.53 Å². The molecule has 4 rings (SSSR count). The van der Waals surface area contributed by atoms with E-state index in [1.165, 1.54) is 35.2 Å². The van der Waals surface area contributed by atoms with E-state index < -0.39 is 11.9 Å². The van der Waals surface area contributed by atoms with E-state index in [1.54, 1.807) is 19.1 Å². The number of aromatic nitrogens is 3. The molecular weight excluding hydrogens is 423 g/mol. The number of carbonyl (C=O) groups is 2. The third-order valence-corrected chi connectivity index (χ3v) is 4.93. The molecule has 0 atom stereocenters. The van der Waals surface area contributed by atoms with Gasteiger partial charge in [0, 0.05) is 11.5 Å². The molecule has 0 aliphatic rings. The van der Waals surface area contributed by atoms with Crippen LogP contribution < -0.4 is 5.32 Å². The highest BCUT2D eigenvalue weighted by molar-refractivity contribution is 6.05. The smallest absolute Gasteiger partial charge is 0.343 e. The zero-order valence-electron chi connectivity index (χ0n) is 18.1. The number of nitrogens with zero attached hydrogens (tertiary/aromatic N) is 3. The first kappa shape index (κ1) is 21.9. The van der Waals surface area contributed by atoms with E-state index in [-0.39, 0.29) is 23.8 Å². The summed E-state index contributed by atoms with van der Waals surface area (Å²) >= 11 is 0. The largest absolute Gasteiger partial charge is 0.462 e. The number of carbonyl (C=O) groups excluding carboxylic acids is 2. The molecule has 0 radical (unpaired) electrons. The van der Waals surface area contributed by atoms with Gasteiger partial charge >= 0.3 is 5.97 Å². The average Bonchev–Trinajstić information content (AvgIpc) is 3.22. The fraction of sp³-hybridized carbons (Fsp3) is 0.120. The van der Waals surface area contributed by atoms with Gasteiger partial charge in [-0.2, -0.15) is 9.78 Å². The minimum absolute atomic E-state index is 0.105. The van der Waals surface area contributed by atoms with Crippen molar-refractivity contribution in [3.63, 3.8) is 0 Å². The molecule has 0 aliphatic carbocycles. The number of benzene rings is 2. The Labute approximate surface area is 189 Å². The highest BCUT2D eigenvalue weighted by atomic mass is 19.1. The number of fused-ring (bicyclic) bond motifs is 1. The molecule has 7 nitrogen and oxygen atoms in total. The lowest BCUT2D eigenvalue weighted by Crippen LogP contribution is -2.16. The van der Waals surface area contributed by atoms with Crippen molar-refractivity contribution in [3.8, 4) is 5.82 Å². The minimum Gasteiger partial charge on any atom is -0.462 e. The first-order valence-electron chi connectivity index (χ1n) is 10.3. The van der Waals surface area contributed by atoms with Gasteiger partial charge in [0.15, 0.2) is 11.6 Å². The minimum atomic E-state index is -0.612. The van der Waals surface area contributed by atoms with Gasteiger partial charge in [0.1, 0.15) is 11.4 Å². The van der Waals surface area contributed by atoms with Crippen LogP contribution in [0, 0.1) is 12.7 Å². The van der Waals surface area contributed by atoms with E-state index in [0.29, 0.717) is 11.4 Å². The molecule has 166 valence electrons. The molecule has 0 spiro atoms. The summed E-state index contributed by atoms with van der Waals surface area (Å²) < 4.78 is 19.6. The molecule has 8 heteroatoms. The number of hydrogen-bond donors (Lipinski definition) is 1. The second kappa shape index (κ2) is 9.44. The molecule has 4 aromatic rings. The maximum absolute atomic E-state index is 13.1. The summed E-state index contributed by atoms with van der Waals surface area (Å²) in [7, 11) is 0. The van der Waals surface area contributed by atoms with Gasteiger partial charge in [-0.3, -0.25) is 4.79 Å². The number of anilines is 1. The summed E-state index contributed by atoms with van der Waals surface area (Å²) in [6.45, 7) is 3.82. The summed E-state index contributed by atoms with van der Waals surface area (Å²) in [6, 6.07) is 15.2. The summed E-state index contributed by atoms with van der Waals surface area (Å²) in [6.07, 6.45) is 4.17. The van der Waals surface area contributed by atoms with E-state index in [4.69, 9.17) is 4.74 Å². The SMILES string of the molecule is CCOC(=O)c1cnn(-c2cc(C)c3ccccc3n2)c1NC(=O)/C=C/c1ccc(F)cc1. The lowest BCUT2D eigenvalue weighted by molar-refractivity contribution is -0.111. The van der Waals surface area contributed by atoms with Gasteiger partial charge in [0.05, 0.1) is 18.3 Å². The molecule has 0 unspecified atom stereocenters. The lowest BCUT2D eigenvalue weighted by Gasteiger charge is -2.11. The Morgan fingerprint density at radius 1 is 1.15 bits per heavy atom. The maximum atomic E-state index is 13.1. The van der Waals surface area contributed by atoms with Crippen molar-refractivity contribution >= 4 is 34.7 Å². The van der Waals surface area contributed by atoms with E-state index in [0.717, 1.165) is 16.5 Å². The number of amides is 1. The molecular formula is C25H21FN4O3. The maximum Gasteiger partial charge on any atom is 0.343 e. The fourth-order valence-corrected chi connectivity index (χ4v) is 3.35. The van der Waals surface area contributed by atoms with Crippen LogP contribution in [0.15, 0.2) is 66.9 Å². The monoisotopic (exact) mass is 444 g/mol. The van der Waals surface area contributed by atoms with Gasteiger partial charge in [-0.05, 0) is 55.3 Å². The number of rotatable bonds is 6. The Morgan fingerprint density at radius 2 is 1.91 bits per heavy atom. The van der Waals surface area contributed by atoms with Crippen LogP contribution in [0.3, 0.4) is 0 Å². The molecule has 2 aromatic carbocycles. The van der Waals surface area contributed by atoms with E-state index in [9.17, 15) is 14.0 Å². The topological polar surface area (TPSA) is 86.1 Å². The fourth-order valence-electron chi connectivity index (χ4n) is 3.35. The molecule has 1 amide bonds. The average molecular weight is 444 g/mol. The van der Waals surface area contributed by atoms with Crippen molar-refractivity contribution < 1.29 is 18.7 Å². The molecule has 33 heavy (non-hydrogen) atoms. The van der Waals surface area contributed by atoms with Gasteiger partial charge in [0.25, 0.3) is 0 Å². The lowest BCUT2D eigenvalue weighted by atomic mass is 10.1. The molecule has 0 bridgehead atoms. The van der Waals surface area contributed by atoms with Crippen LogP contribution in [0.2, 0.25) is 0 Å². The van der Waals surface area contributed by atoms with Crippen LogP contribution in [-0.4, -0.2) is 33.2 Å². The van der Waals surface area contributed by atoms with Gasteiger partial charge < -0.3 is 10.1 Å². The number of halogens is 1. The second-order valence-corrected chi connectivity index (χ2v) is 7.23. The van der Waals surface area contributed by atoms with Crippen LogP contribution in [0.5, 0.6) is 0 Å². The van der Waals surface area contributed by atoms with Crippen LogP contribution in [0.4, 0.5) is 10.2 Å². The van der Waals surface area contributed by atoms with Gasteiger partial charge in [-0.1, -0.05) is 30.3 Å². The zero-order chi connectivity index (χ0) is 23.4. The standard InChI is InChI=1S/C25H21FN4O3/c1-3-33-25(32)20-15-27-30(22-14-16(2)19-6-4-5-7-21(19)28-22)24(20)29-23(31)13-10-17-8-11-18(26)12-9-17/h4-15H,3H2,1-2H3,(H,29,31)/b13-10+. The van der Waals surface area contributed by atoms with Crippen LogP contribution in [0.1, 0.15) is 28.4 Å². The van der Waals surface area contributed by atoms with Crippen LogP contribution >= 0.6 is 0 Å². The third kappa shape index (κ3) is 4.79. The molecule has 2 aromatic heterocycles. The van der Waals surface area contributed by atoms with Crippen molar-refractivity contribution in [2.45, 2.75) is 13.8 Å². The number of esters is 1. The van der Waals surface area contributed by atoms with Gasteiger partial charge in [-0.15, -0.1) is 0 Å². The van der Waals surface area contributed by atoms with Gasteiger partial charge in [0.2, 0.25) is 5.91 Å². The Bertz CT molecular complexity index is 1360.